The van der Waals surface area contributed by atoms with Gasteiger partial charge in [-0.1, -0.05) is 19.9 Å². The maximum atomic E-state index is 11.8. The monoisotopic (exact) mass is 349 g/mol. The second kappa shape index (κ2) is 10.4. The maximum Gasteiger partial charge on any atom is 0.331 e. The first kappa shape index (κ1) is 20.5. The molecule has 6 nitrogen and oxygen atoms in total. The number of amides is 1. The Kier molecular flexibility index (Phi) is 8.53. The van der Waals surface area contributed by atoms with Crippen molar-refractivity contribution in [1.29, 1.82) is 0 Å². The summed E-state index contributed by atoms with van der Waals surface area (Å²) in [5.74, 6) is 0.744. The van der Waals surface area contributed by atoms with Crippen molar-refractivity contribution < 1.29 is 23.8 Å². The van der Waals surface area contributed by atoms with Crippen molar-refractivity contribution in [2.75, 3.05) is 20.3 Å². The first-order valence-electron chi connectivity index (χ1n) is 8.34. The van der Waals surface area contributed by atoms with E-state index in [-0.39, 0.29) is 5.91 Å². The third kappa shape index (κ3) is 7.28. The van der Waals surface area contributed by atoms with Gasteiger partial charge in [0.1, 0.15) is 0 Å². The van der Waals surface area contributed by atoms with E-state index in [2.05, 4.69) is 19.2 Å². The fourth-order valence-corrected chi connectivity index (χ4v) is 1.91. The summed E-state index contributed by atoms with van der Waals surface area (Å²) in [4.78, 5) is 23.3. The lowest BCUT2D eigenvalue weighted by molar-refractivity contribution is -0.150. The van der Waals surface area contributed by atoms with Gasteiger partial charge in [0.25, 0.3) is 5.91 Å². The molecule has 0 heterocycles. The third-order valence-corrected chi connectivity index (χ3v) is 3.18. The summed E-state index contributed by atoms with van der Waals surface area (Å²) in [6.45, 7) is 8.54. The molecule has 0 radical (unpaired) electrons. The molecule has 0 bridgehead atoms. The van der Waals surface area contributed by atoms with Crippen LogP contribution in [0.15, 0.2) is 24.3 Å². The molecule has 0 aliphatic heterocycles. The first-order chi connectivity index (χ1) is 11.9. The number of rotatable bonds is 9. The summed E-state index contributed by atoms with van der Waals surface area (Å²) >= 11 is 0. The Balaban J connectivity index is 2.70. The Hall–Kier alpha value is -2.50. The van der Waals surface area contributed by atoms with E-state index in [0.29, 0.717) is 30.6 Å². The van der Waals surface area contributed by atoms with Crippen LogP contribution in [0, 0.1) is 5.92 Å². The predicted octanol–water partition coefficient (Wildman–Crippen LogP) is 2.81. The van der Waals surface area contributed by atoms with Gasteiger partial charge in [-0.05, 0) is 43.5 Å². The van der Waals surface area contributed by atoms with Gasteiger partial charge in [-0.15, -0.1) is 0 Å². The minimum Gasteiger partial charge on any atom is -0.493 e. The average Bonchev–Trinajstić information content (AvgIpc) is 2.58. The van der Waals surface area contributed by atoms with Crippen LogP contribution in [-0.4, -0.2) is 38.2 Å². The van der Waals surface area contributed by atoms with Crippen molar-refractivity contribution in [3.8, 4) is 11.5 Å². The second-order valence-electron chi connectivity index (χ2n) is 5.92. The SMILES string of the molecule is CCNC(=O)[C@@H](C)OC(=O)/C=C/c1ccc(OCC(C)C)c(OC)c1. The molecule has 0 aromatic heterocycles. The molecule has 25 heavy (non-hydrogen) atoms. The Morgan fingerprint density at radius 2 is 1.92 bits per heavy atom. The van der Waals surface area contributed by atoms with Gasteiger partial charge in [0.05, 0.1) is 13.7 Å². The molecule has 6 heteroatoms. The van der Waals surface area contributed by atoms with Crippen LogP contribution in [0.25, 0.3) is 6.08 Å². The van der Waals surface area contributed by atoms with Gasteiger partial charge < -0.3 is 19.5 Å². The minimum absolute atomic E-state index is 0.322. The lowest BCUT2D eigenvalue weighted by Gasteiger charge is -2.13. The predicted molar refractivity (Wildman–Crippen MR) is 96.6 cm³/mol. The molecule has 0 saturated carbocycles. The highest BCUT2D eigenvalue weighted by Gasteiger charge is 2.15. The highest BCUT2D eigenvalue weighted by Crippen LogP contribution is 2.29. The van der Waals surface area contributed by atoms with Crippen molar-refractivity contribution in [3.05, 3.63) is 29.8 Å². The number of carbonyl (C=O) groups is 2. The van der Waals surface area contributed by atoms with Crippen molar-refractivity contribution >= 4 is 18.0 Å². The molecule has 0 aliphatic carbocycles. The molecule has 0 aliphatic rings. The highest BCUT2D eigenvalue weighted by molar-refractivity contribution is 5.90. The number of esters is 1. The summed E-state index contributed by atoms with van der Waals surface area (Å²) in [5, 5.41) is 2.59. The zero-order valence-electron chi connectivity index (χ0n) is 15.5. The van der Waals surface area contributed by atoms with Gasteiger partial charge in [-0.25, -0.2) is 4.79 Å². The maximum absolute atomic E-state index is 11.8. The molecule has 1 aromatic carbocycles. The molecular weight excluding hydrogens is 322 g/mol. The van der Waals surface area contributed by atoms with Crippen molar-refractivity contribution in [3.63, 3.8) is 0 Å². The van der Waals surface area contributed by atoms with Crippen LogP contribution < -0.4 is 14.8 Å². The molecule has 0 fully saturated rings. The quantitative estimate of drug-likeness (QED) is 0.548. The Bertz CT molecular complexity index is 610. The van der Waals surface area contributed by atoms with Gasteiger partial charge in [0.2, 0.25) is 0 Å². The van der Waals surface area contributed by atoms with E-state index < -0.39 is 12.1 Å². The van der Waals surface area contributed by atoms with Crippen LogP contribution in [0.2, 0.25) is 0 Å². The molecule has 0 unspecified atom stereocenters. The number of carbonyl (C=O) groups excluding carboxylic acids is 2. The molecular formula is C19H27NO5. The zero-order chi connectivity index (χ0) is 18.8. The second-order valence-corrected chi connectivity index (χ2v) is 5.92. The minimum atomic E-state index is -0.835. The van der Waals surface area contributed by atoms with Crippen LogP contribution in [-0.2, 0) is 14.3 Å². The summed E-state index contributed by atoms with van der Waals surface area (Å²) in [6.07, 6.45) is 2.04. The Morgan fingerprint density at radius 1 is 1.20 bits per heavy atom. The van der Waals surface area contributed by atoms with Gasteiger partial charge in [-0.3, -0.25) is 4.79 Å². The molecule has 1 N–H and O–H groups in total. The van der Waals surface area contributed by atoms with Crippen LogP contribution >= 0.6 is 0 Å². The van der Waals surface area contributed by atoms with E-state index in [1.54, 1.807) is 32.2 Å². The van der Waals surface area contributed by atoms with E-state index >= 15 is 0 Å². The van der Waals surface area contributed by atoms with Crippen LogP contribution in [0.4, 0.5) is 0 Å². The van der Waals surface area contributed by atoms with E-state index in [9.17, 15) is 9.59 Å². The smallest absolute Gasteiger partial charge is 0.331 e. The Morgan fingerprint density at radius 3 is 2.52 bits per heavy atom. The first-order valence-corrected chi connectivity index (χ1v) is 8.34. The third-order valence-electron chi connectivity index (χ3n) is 3.18. The van der Waals surface area contributed by atoms with Gasteiger partial charge in [0, 0.05) is 12.6 Å². The van der Waals surface area contributed by atoms with Crippen molar-refractivity contribution in [2.24, 2.45) is 5.92 Å². The number of likely N-dealkylation sites (N-methyl/N-ethyl adjacent to an activating group) is 1. The summed E-state index contributed by atoms with van der Waals surface area (Å²) in [7, 11) is 1.56. The number of benzene rings is 1. The van der Waals surface area contributed by atoms with Crippen LogP contribution in [0.1, 0.15) is 33.3 Å². The van der Waals surface area contributed by atoms with Crippen molar-refractivity contribution in [2.45, 2.75) is 33.8 Å². The fraction of sp³-hybridized carbons (Fsp3) is 0.474. The topological polar surface area (TPSA) is 73.9 Å². The van der Waals surface area contributed by atoms with E-state index in [0.717, 1.165) is 5.56 Å². The van der Waals surface area contributed by atoms with Crippen LogP contribution in [0.3, 0.4) is 0 Å². The lowest BCUT2D eigenvalue weighted by Crippen LogP contribution is -2.35. The lowest BCUT2D eigenvalue weighted by atomic mass is 10.2. The molecule has 0 spiro atoms. The largest absolute Gasteiger partial charge is 0.493 e. The van der Waals surface area contributed by atoms with Gasteiger partial charge >= 0.3 is 5.97 Å². The number of ether oxygens (including phenoxy) is 3. The summed E-state index contributed by atoms with van der Waals surface area (Å²) < 4.78 is 16.0. The normalized spacial score (nSPS) is 12.1. The highest BCUT2D eigenvalue weighted by atomic mass is 16.5. The zero-order valence-corrected chi connectivity index (χ0v) is 15.5. The van der Waals surface area contributed by atoms with E-state index in [1.165, 1.54) is 13.0 Å². The fourth-order valence-electron chi connectivity index (χ4n) is 1.91. The molecule has 1 amide bonds. The summed E-state index contributed by atoms with van der Waals surface area (Å²) in [6, 6.07) is 5.38. The summed E-state index contributed by atoms with van der Waals surface area (Å²) in [5.41, 5.74) is 0.761. The van der Waals surface area contributed by atoms with E-state index in [1.807, 2.05) is 6.07 Å². The number of methoxy groups -OCH3 is 1. The average molecular weight is 349 g/mol. The number of hydrogen-bond acceptors (Lipinski definition) is 5. The van der Waals surface area contributed by atoms with Gasteiger partial charge in [0.15, 0.2) is 17.6 Å². The molecule has 1 rings (SSSR count). The standard InChI is InChI=1S/C19H27NO5/c1-6-20-19(22)14(4)25-18(21)10-8-15-7-9-16(17(11-15)23-5)24-12-13(2)3/h7-11,13-14H,6,12H2,1-5H3,(H,20,22)/b10-8+/t14-/m1/s1. The molecule has 1 atom stereocenters. The number of nitrogens with one attached hydrogen (secondary N) is 1. The number of hydrogen-bond donors (Lipinski definition) is 1. The van der Waals surface area contributed by atoms with Crippen molar-refractivity contribution in [1.82, 2.24) is 5.32 Å². The van der Waals surface area contributed by atoms with Crippen LogP contribution in [0.5, 0.6) is 11.5 Å². The molecule has 138 valence electrons. The van der Waals surface area contributed by atoms with E-state index in [4.69, 9.17) is 14.2 Å². The van der Waals surface area contributed by atoms with Gasteiger partial charge in [-0.2, -0.15) is 0 Å². The Labute approximate surface area is 149 Å². The molecule has 1 aromatic rings. The molecule has 0 saturated heterocycles.